The van der Waals surface area contributed by atoms with Crippen molar-refractivity contribution >= 4 is 17.3 Å². The third-order valence-electron chi connectivity index (χ3n) is 3.47. The van der Waals surface area contributed by atoms with Gasteiger partial charge in [0.15, 0.2) is 5.96 Å². The van der Waals surface area contributed by atoms with Crippen LogP contribution in [0.1, 0.15) is 24.4 Å². The first-order valence-corrected chi connectivity index (χ1v) is 7.86. The molecule has 2 N–H and O–H groups in total. The molecule has 0 saturated heterocycles. The average Bonchev–Trinajstić information content (AvgIpc) is 3.11. The van der Waals surface area contributed by atoms with E-state index in [1.54, 1.807) is 24.6 Å². The minimum Gasteiger partial charge on any atom is -0.356 e. The molecule has 0 atom stereocenters. The lowest BCUT2D eigenvalue weighted by molar-refractivity contribution is 0.518. The standard InChI is InChI=1S/C15H23N5S/c1-15(2,13-6-5-9-21-13)11-18-14(16-3)17-10-12-7-8-19-20(12)4/h5-9H,10-11H2,1-4H3,(H2,16,17,18). The molecule has 5 nitrogen and oxygen atoms in total. The minimum absolute atomic E-state index is 0.0817. The van der Waals surface area contributed by atoms with Gasteiger partial charge in [-0.05, 0) is 17.5 Å². The summed E-state index contributed by atoms with van der Waals surface area (Å²) in [5.41, 5.74) is 1.20. The van der Waals surface area contributed by atoms with Crippen molar-refractivity contribution in [2.24, 2.45) is 12.0 Å². The van der Waals surface area contributed by atoms with Crippen LogP contribution in [0.5, 0.6) is 0 Å². The fourth-order valence-electron chi connectivity index (χ4n) is 2.03. The molecule has 0 aliphatic rings. The third-order valence-corrected chi connectivity index (χ3v) is 4.70. The summed E-state index contributed by atoms with van der Waals surface area (Å²) in [6, 6.07) is 6.27. The molecule has 0 fully saturated rings. The van der Waals surface area contributed by atoms with Gasteiger partial charge >= 0.3 is 0 Å². The summed E-state index contributed by atoms with van der Waals surface area (Å²) in [6.07, 6.45) is 1.80. The molecule has 0 unspecified atom stereocenters. The van der Waals surface area contributed by atoms with Crippen molar-refractivity contribution in [3.63, 3.8) is 0 Å². The second-order valence-corrected chi connectivity index (χ2v) is 6.53. The van der Waals surface area contributed by atoms with E-state index in [0.717, 1.165) is 18.2 Å². The molecule has 114 valence electrons. The van der Waals surface area contributed by atoms with Gasteiger partial charge in [0.1, 0.15) is 0 Å². The van der Waals surface area contributed by atoms with E-state index >= 15 is 0 Å². The Hall–Kier alpha value is -1.82. The van der Waals surface area contributed by atoms with Crippen molar-refractivity contribution in [3.8, 4) is 0 Å². The van der Waals surface area contributed by atoms with Gasteiger partial charge in [-0.25, -0.2) is 0 Å². The summed E-state index contributed by atoms with van der Waals surface area (Å²) in [5.74, 6) is 0.806. The molecule has 0 spiro atoms. The first kappa shape index (κ1) is 15.6. The van der Waals surface area contributed by atoms with Crippen LogP contribution < -0.4 is 10.6 Å². The summed E-state index contributed by atoms with van der Waals surface area (Å²) in [5, 5.41) is 13.0. The number of nitrogens with zero attached hydrogens (tertiary/aromatic N) is 3. The highest BCUT2D eigenvalue weighted by Gasteiger charge is 2.21. The molecular weight excluding hydrogens is 282 g/mol. The minimum atomic E-state index is 0.0817. The maximum Gasteiger partial charge on any atom is 0.191 e. The highest BCUT2D eigenvalue weighted by molar-refractivity contribution is 7.10. The topological polar surface area (TPSA) is 54.2 Å². The molecule has 2 aromatic rings. The van der Waals surface area contributed by atoms with E-state index in [-0.39, 0.29) is 5.41 Å². The first-order chi connectivity index (χ1) is 10.0. The zero-order chi connectivity index (χ0) is 15.3. The number of guanidine groups is 1. The monoisotopic (exact) mass is 305 g/mol. The second kappa shape index (κ2) is 6.76. The van der Waals surface area contributed by atoms with Crippen LogP contribution in [0.15, 0.2) is 34.8 Å². The lowest BCUT2D eigenvalue weighted by atomic mass is 9.91. The van der Waals surface area contributed by atoms with Crippen molar-refractivity contribution in [3.05, 3.63) is 40.3 Å². The van der Waals surface area contributed by atoms with Gasteiger partial charge in [-0.2, -0.15) is 5.10 Å². The largest absolute Gasteiger partial charge is 0.356 e. The Kier molecular flexibility index (Phi) is 5.01. The van der Waals surface area contributed by atoms with Gasteiger partial charge in [-0.3, -0.25) is 9.67 Å². The number of aliphatic imine (C=N–C) groups is 1. The zero-order valence-electron chi connectivity index (χ0n) is 13.1. The molecule has 0 bridgehead atoms. The Morgan fingerprint density at radius 3 is 2.76 bits per heavy atom. The molecule has 6 heteroatoms. The van der Waals surface area contributed by atoms with Crippen LogP contribution in [-0.4, -0.2) is 29.3 Å². The lowest BCUT2D eigenvalue weighted by Crippen LogP contribution is -2.43. The predicted octanol–water partition coefficient (Wildman–Crippen LogP) is 2.12. The third kappa shape index (κ3) is 4.07. The summed E-state index contributed by atoms with van der Waals surface area (Å²) < 4.78 is 1.86. The van der Waals surface area contributed by atoms with Crippen LogP contribution in [0, 0.1) is 0 Å². The first-order valence-electron chi connectivity index (χ1n) is 6.98. The van der Waals surface area contributed by atoms with Crippen LogP contribution in [-0.2, 0) is 19.0 Å². The van der Waals surface area contributed by atoms with Gasteiger partial charge in [0.2, 0.25) is 0 Å². The van der Waals surface area contributed by atoms with Crippen LogP contribution in [0.4, 0.5) is 0 Å². The van der Waals surface area contributed by atoms with E-state index in [9.17, 15) is 0 Å². The van der Waals surface area contributed by atoms with Crippen LogP contribution >= 0.6 is 11.3 Å². The van der Waals surface area contributed by atoms with Crippen LogP contribution in [0.2, 0.25) is 0 Å². The van der Waals surface area contributed by atoms with Gasteiger partial charge in [-0.15, -0.1) is 11.3 Å². The summed E-state index contributed by atoms with van der Waals surface area (Å²) in [4.78, 5) is 5.64. The van der Waals surface area contributed by atoms with Crippen molar-refractivity contribution in [1.82, 2.24) is 20.4 Å². The van der Waals surface area contributed by atoms with E-state index in [1.807, 2.05) is 17.8 Å². The maximum absolute atomic E-state index is 4.27. The molecule has 0 saturated carbocycles. The van der Waals surface area contributed by atoms with E-state index in [4.69, 9.17) is 0 Å². The molecule has 0 aliphatic carbocycles. The summed E-state index contributed by atoms with van der Waals surface area (Å²) in [7, 11) is 3.73. The fourth-order valence-corrected chi connectivity index (χ4v) is 2.88. The number of aromatic nitrogens is 2. The number of aryl methyl sites for hydroxylation is 1. The average molecular weight is 305 g/mol. The molecule has 0 aliphatic heterocycles. The van der Waals surface area contributed by atoms with E-state index < -0.39 is 0 Å². The fraction of sp³-hybridized carbons (Fsp3) is 0.467. The Bertz CT molecular complexity index is 583. The van der Waals surface area contributed by atoms with E-state index in [2.05, 4.69) is 52.1 Å². The number of nitrogens with one attached hydrogen (secondary N) is 2. The molecule has 2 heterocycles. The molecule has 0 amide bonds. The van der Waals surface area contributed by atoms with E-state index in [1.165, 1.54) is 4.88 Å². The van der Waals surface area contributed by atoms with Gasteiger partial charge in [-0.1, -0.05) is 19.9 Å². The van der Waals surface area contributed by atoms with Gasteiger partial charge in [0.05, 0.1) is 12.2 Å². The number of hydrogen-bond acceptors (Lipinski definition) is 3. The normalized spacial score (nSPS) is 12.5. The number of thiophene rings is 1. The van der Waals surface area contributed by atoms with E-state index in [0.29, 0.717) is 6.54 Å². The van der Waals surface area contributed by atoms with Crippen molar-refractivity contribution in [2.45, 2.75) is 25.8 Å². The number of hydrogen-bond donors (Lipinski definition) is 2. The van der Waals surface area contributed by atoms with Crippen LogP contribution in [0.3, 0.4) is 0 Å². The number of rotatable bonds is 5. The smallest absolute Gasteiger partial charge is 0.191 e. The zero-order valence-corrected chi connectivity index (χ0v) is 13.9. The molecule has 0 aromatic carbocycles. The Labute approximate surface area is 130 Å². The molecule has 2 aromatic heterocycles. The summed E-state index contributed by atoms with van der Waals surface area (Å²) in [6.45, 7) is 6.01. The molecule has 21 heavy (non-hydrogen) atoms. The lowest BCUT2D eigenvalue weighted by Gasteiger charge is -2.25. The van der Waals surface area contributed by atoms with Crippen molar-refractivity contribution < 1.29 is 0 Å². The molecular formula is C15H23N5S. The Morgan fingerprint density at radius 2 is 2.19 bits per heavy atom. The second-order valence-electron chi connectivity index (χ2n) is 5.59. The van der Waals surface area contributed by atoms with Gasteiger partial charge in [0, 0.05) is 37.1 Å². The predicted molar refractivity (Wildman–Crippen MR) is 88.8 cm³/mol. The van der Waals surface area contributed by atoms with Crippen LogP contribution in [0.25, 0.3) is 0 Å². The Balaban J connectivity index is 1.87. The van der Waals surface area contributed by atoms with Gasteiger partial charge < -0.3 is 10.6 Å². The van der Waals surface area contributed by atoms with Gasteiger partial charge in [0.25, 0.3) is 0 Å². The summed E-state index contributed by atoms with van der Waals surface area (Å²) >= 11 is 1.79. The van der Waals surface area contributed by atoms with Crippen molar-refractivity contribution in [1.29, 1.82) is 0 Å². The molecule has 2 rings (SSSR count). The highest BCUT2D eigenvalue weighted by atomic mass is 32.1. The maximum atomic E-state index is 4.27. The highest BCUT2D eigenvalue weighted by Crippen LogP contribution is 2.26. The SMILES string of the molecule is CN=C(NCc1ccnn1C)NCC(C)(C)c1cccs1. The Morgan fingerprint density at radius 1 is 1.38 bits per heavy atom. The van der Waals surface area contributed by atoms with Crippen molar-refractivity contribution in [2.75, 3.05) is 13.6 Å². The molecule has 0 radical (unpaired) electrons. The quantitative estimate of drug-likeness (QED) is 0.657.